The van der Waals surface area contributed by atoms with Crippen molar-refractivity contribution in [2.24, 2.45) is 0 Å². The van der Waals surface area contributed by atoms with Crippen molar-refractivity contribution in [3.8, 4) is 11.3 Å². The van der Waals surface area contributed by atoms with E-state index in [1.807, 2.05) is 32.0 Å². The lowest BCUT2D eigenvalue weighted by molar-refractivity contribution is 0.102. The van der Waals surface area contributed by atoms with E-state index in [0.717, 1.165) is 28.1 Å². The molecule has 0 unspecified atom stereocenters. The largest absolute Gasteiger partial charge is 0.350 e. The van der Waals surface area contributed by atoms with Gasteiger partial charge in [0.2, 0.25) is 0 Å². The van der Waals surface area contributed by atoms with Gasteiger partial charge in [-0.05, 0) is 43.7 Å². The highest BCUT2D eigenvalue weighted by Gasteiger charge is 2.16. The van der Waals surface area contributed by atoms with E-state index in [4.69, 9.17) is 0 Å². The molecule has 0 aliphatic rings. The van der Waals surface area contributed by atoms with E-state index in [1.165, 1.54) is 18.2 Å². The van der Waals surface area contributed by atoms with Crippen molar-refractivity contribution in [3.05, 3.63) is 70.9 Å². The van der Waals surface area contributed by atoms with Crippen LogP contribution in [0.15, 0.2) is 42.5 Å². The zero-order valence-corrected chi connectivity index (χ0v) is 14.7. The number of H-pyrrole nitrogens is 2. The van der Waals surface area contributed by atoms with Crippen molar-refractivity contribution in [2.75, 3.05) is 5.32 Å². The smallest absolute Gasteiger partial charge is 0.273 e. The summed E-state index contributed by atoms with van der Waals surface area (Å²) in [4.78, 5) is 15.7. The van der Waals surface area contributed by atoms with Crippen LogP contribution in [0.2, 0.25) is 0 Å². The third-order valence-corrected chi connectivity index (χ3v) is 4.43. The molecule has 2 aromatic carbocycles. The molecule has 0 saturated carbocycles. The first kappa shape index (κ1) is 17.0. The fourth-order valence-electron chi connectivity index (χ4n) is 3.09. The summed E-state index contributed by atoms with van der Waals surface area (Å²) in [5.74, 6) is -1.46. The van der Waals surface area contributed by atoms with E-state index in [0.29, 0.717) is 17.0 Å². The Hall–Kier alpha value is -3.48. The van der Waals surface area contributed by atoms with Crippen molar-refractivity contribution >= 4 is 22.6 Å². The third-order valence-electron chi connectivity index (χ3n) is 4.43. The van der Waals surface area contributed by atoms with Crippen molar-refractivity contribution in [2.45, 2.75) is 13.8 Å². The molecule has 5 nitrogen and oxygen atoms in total. The molecule has 27 heavy (non-hydrogen) atoms. The minimum absolute atomic E-state index is 0.258. The van der Waals surface area contributed by atoms with Gasteiger partial charge in [0.1, 0.15) is 17.3 Å². The van der Waals surface area contributed by atoms with Crippen LogP contribution in [0, 0.1) is 25.5 Å². The van der Waals surface area contributed by atoms with E-state index < -0.39 is 11.6 Å². The number of hydrogen-bond donors (Lipinski definition) is 3. The highest BCUT2D eigenvalue weighted by atomic mass is 19.1. The van der Waals surface area contributed by atoms with Crippen LogP contribution in [0.5, 0.6) is 0 Å². The van der Waals surface area contributed by atoms with E-state index in [-0.39, 0.29) is 11.7 Å². The number of rotatable bonds is 3. The fourth-order valence-corrected chi connectivity index (χ4v) is 3.09. The van der Waals surface area contributed by atoms with Gasteiger partial charge < -0.3 is 10.3 Å². The Morgan fingerprint density at radius 1 is 1.04 bits per heavy atom. The summed E-state index contributed by atoms with van der Waals surface area (Å²) in [7, 11) is 0. The lowest BCUT2D eigenvalue weighted by Gasteiger charge is -2.01. The monoisotopic (exact) mass is 366 g/mol. The Bertz CT molecular complexity index is 1160. The van der Waals surface area contributed by atoms with Gasteiger partial charge in [-0.15, -0.1) is 0 Å². The van der Waals surface area contributed by atoms with Crippen molar-refractivity contribution in [3.63, 3.8) is 0 Å². The Kier molecular flexibility index (Phi) is 3.99. The van der Waals surface area contributed by atoms with Crippen LogP contribution in [0.4, 0.5) is 14.6 Å². The van der Waals surface area contributed by atoms with Crippen LogP contribution in [0.25, 0.3) is 22.2 Å². The molecule has 4 rings (SSSR count). The molecule has 136 valence electrons. The van der Waals surface area contributed by atoms with Crippen LogP contribution in [-0.2, 0) is 0 Å². The van der Waals surface area contributed by atoms with Crippen LogP contribution < -0.4 is 5.32 Å². The topological polar surface area (TPSA) is 73.6 Å². The van der Waals surface area contributed by atoms with Crippen LogP contribution in [0.1, 0.15) is 21.6 Å². The minimum Gasteiger partial charge on any atom is -0.350 e. The maximum absolute atomic E-state index is 13.4. The van der Waals surface area contributed by atoms with E-state index >= 15 is 0 Å². The Morgan fingerprint density at radius 2 is 1.78 bits per heavy atom. The molecule has 0 saturated heterocycles. The number of aryl methyl sites for hydroxylation is 2. The molecule has 3 N–H and O–H groups in total. The number of anilines is 1. The molecule has 4 aromatic rings. The molecule has 0 fully saturated rings. The zero-order valence-electron chi connectivity index (χ0n) is 14.7. The summed E-state index contributed by atoms with van der Waals surface area (Å²) < 4.78 is 26.8. The van der Waals surface area contributed by atoms with Gasteiger partial charge in [0.15, 0.2) is 5.82 Å². The second-order valence-corrected chi connectivity index (χ2v) is 6.45. The van der Waals surface area contributed by atoms with Gasteiger partial charge in [0.25, 0.3) is 5.91 Å². The average Bonchev–Trinajstić information content (AvgIpc) is 3.19. The van der Waals surface area contributed by atoms with E-state index in [9.17, 15) is 13.6 Å². The molecule has 1 amide bonds. The van der Waals surface area contributed by atoms with E-state index in [1.54, 1.807) is 0 Å². The lowest BCUT2D eigenvalue weighted by Crippen LogP contribution is -2.13. The van der Waals surface area contributed by atoms with Crippen LogP contribution in [-0.4, -0.2) is 21.1 Å². The summed E-state index contributed by atoms with van der Waals surface area (Å²) in [6.07, 6.45) is 0. The molecule has 0 aliphatic carbocycles. The molecule has 2 aromatic heterocycles. The number of amides is 1. The van der Waals surface area contributed by atoms with Crippen LogP contribution in [0.3, 0.4) is 0 Å². The zero-order chi connectivity index (χ0) is 19.1. The van der Waals surface area contributed by atoms with Crippen molar-refractivity contribution in [1.29, 1.82) is 0 Å². The Balaban J connectivity index is 1.61. The number of carbonyl (C=O) groups is 1. The second kappa shape index (κ2) is 6.35. The standard InChI is InChI=1S/C20H16F2N4O/c1-10-3-4-16-15(5-10)11(2)19(23-16)20(27)24-18-9-17(25-26-18)12-6-13(21)8-14(22)7-12/h3-9,23H,1-2H3,(H2,24,25,26,27). The first-order valence-electron chi connectivity index (χ1n) is 8.33. The molecule has 0 radical (unpaired) electrons. The predicted molar refractivity (Wildman–Crippen MR) is 99.7 cm³/mol. The maximum atomic E-state index is 13.4. The van der Waals surface area contributed by atoms with Gasteiger partial charge in [0.05, 0.1) is 5.69 Å². The third kappa shape index (κ3) is 3.19. The first-order chi connectivity index (χ1) is 12.9. The Morgan fingerprint density at radius 3 is 2.52 bits per heavy atom. The molecule has 2 heterocycles. The number of aromatic nitrogens is 3. The average molecular weight is 366 g/mol. The first-order valence-corrected chi connectivity index (χ1v) is 8.33. The number of halogens is 2. The maximum Gasteiger partial charge on any atom is 0.273 e. The molecular weight excluding hydrogens is 350 g/mol. The summed E-state index contributed by atoms with van der Waals surface area (Å²) >= 11 is 0. The number of benzene rings is 2. The molecular formula is C20H16F2N4O. The van der Waals surface area contributed by atoms with Gasteiger partial charge in [-0.2, -0.15) is 5.10 Å². The minimum atomic E-state index is -0.686. The quantitative estimate of drug-likeness (QED) is 0.491. The number of hydrogen-bond acceptors (Lipinski definition) is 2. The summed E-state index contributed by atoms with van der Waals surface area (Å²) in [5.41, 5.74) is 3.97. The SMILES string of the molecule is Cc1ccc2[nH]c(C(=O)Nc3cc(-c4cc(F)cc(F)c4)[nH]n3)c(C)c2c1. The normalized spacial score (nSPS) is 11.1. The molecule has 0 bridgehead atoms. The molecule has 0 atom stereocenters. The molecule has 0 spiro atoms. The van der Waals surface area contributed by atoms with Crippen molar-refractivity contribution < 1.29 is 13.6 Å². The van der Waals surface area contributed by atoms with Gasteiger partial charge in [-0.1, -0.05) is 11.6 Å². The summed E-state index contributed by atoms with van der Waals surface area (Å²) in [5, 5.41) is 10.4. The van der Waals surface area contributed by atoms with Gasteiger partial charge >= 0.3 is 0 Å². The number of aromatic amines is 2. The molecule has 0 aliphatic heterocycles. The summed E-state index contributed by atoms with van der Waals surface area (Å²) in [6.45, 7) is 3.87. The highest BCUT2D eigenvalue weighted by molar-refractivity contribution is 6.07. The van der Waals surface area contributed by atoms with Gasteiger partial charge in [-0.3, -0.25) is 9.89 Å². The Labute approximate surface area is 153 Å². The highest BCUT2D eigenvalue weighted by Crippen LogP contribution is 2.25. The number of carbonyl (C=O) groups excluding carboxylic acids is 1. The van der Waals surface area contributed by atoms with Crippen LogP contribution >= 0.6 is 0 Å². The fraction of sp³-hybridized carbons (Fsp3) is 0.100. The lowest BCUT2D eigenvalue weighted by atomic mass is 10.1. The second-order valence-electron chi connectivity index (χ2n) is 6.45. The summed E-state index contributed by atoms with van der Waals surface area (Å²) in [6, 6.07) is 10.6. The van der Waals surface area contributed by atoms with Crippen molar-refractivity contribution in [1.82, 2.24) is 15.2 Å². The number of nitrogens with one attached hydrogen (secondary N) is 3. The van der Waals surface area contributed by atoms with Gasteiger partial charge in [-0.25, -0.2) is 8.78 Å². The number of fused-ring (bicyclic) bond motifs is 1. The van der Waals surface area contributed by atoms with Gasteiger partial charge in [0, 0.05) is 28.6 Å². The molecule has 7 heteroatoms. The van der Waals surface area contributed by atoms with E-state index in [2.05, 4.69) is 20.5 Å². The predicted octanol–water partition coefficient (Wildman–Crippen LogP) is 4.71. The number of nitrogens with zero attached hydrogens (tertiary/aromatic N) is 1.